The summed E-state index contributed by atoms with van der Waals surface area (Å²) in [6, 6.07) is -0.359. The van der Waals surface area contributed by atoms with Crippen molar-refractivity contribution < 1.29 is 4.79 Å². The van der Waals surface area contributed by atoms with Crippen molar-refractivity contribution in [2.75, 3.05) is 13.1 Å². The average molecular weight is 316 g/mol. The minimum absolute atomic E-state index is 0. The van der Waals surface area contributed by atoms with Gasteiger partial charge in [0.15, 0.2) is 0 Å². The largest absolute Gasteiger partial charge is 0.341 e. The van der Waals surface area contributed by atoms with Gasteiger partial charge in [-0.05, 0) is 26.2 Å². The molecule has 7 heteroatoms. The molecule has 0 bridgehead atoms. The molecule has 1 aromatic rings. The Labute approximate surface area is 132 Å². The third kappa shape index (κ3) is 4.17. The van der Waals surface area contributed by atoms with Crippen LogP contribution in [0.1, 0.15) is 51.3 Å². The van der Waals surface area contributed by atoms with Crippen LogP contribution < -0.4 is 5.73 Å². The predicted molar refractivity (Wildman–Crippen MR) is 84.4 cm³/mol. The summed E-state index contributed by atoms with van der Waals surface area (Å²) in [4.78, 5) is 14.2. The third-order valence-corrected chi connectivity index (χ3v) is 4.00. The van der Waals surface area contributed by atoms with Crippen LogP contribution in [0.2, 0.25) is 0 Å². The number of rotatable bonds is 5. The number of piperidine rings is 1. The van der Waals surface area contributed by atoms with E-state index in [0.717, 1.165) is 51.1 Å². The maximum atomic E-state index is 12.3. The molecule has 0 spiro atoms. The van der Waals surface area contributed by atoms with E-state index in [1.54, 1.807) is 6.33 Å². The van der Waals surface area contributed by atoms with E-state index in [-0.39, 0.29) is 30.3 Å². The van der Waals surface area contributed by atoms with Gasteiger partial charge in [-0.1, -0.05) is 13.3 Å². The SMILES string of the molecule is CCCC(N)C(=O)N1CCCC(c2nncn2CC)C1.Cl. The lowest BCUT2D eigenvalue weighted by molar-refractivity contribution is -0.134. The summed E-state index contributed by atoms with van der Waals surface area (Å²) in [5.41, 5.74) is 5.95. The lowest BCUT2D eigenvalue weighted by Gasteiger charge is -2.33. The molecule has 21 heavy (non-hydrogen) atoms. The van der Waals surface area contributed by atoms with Crippen molar-refractivity contribution >= 4 is 18.3 Å². The molecular weight excluding hydrogens is 290 g/mol. The average Bonchev–Trinajstić information content (AvgIpc) is 2.95. The molecule has 1 aliphatic heterocycles. The molecule has 2 N–H and O–H groups in total. The minimum atomic E-state index is -0.359. The van der Waals surface area contributed by atoms with Crippen molar-refractivity contribution in [3.05, 3.63) is 12.2 Å². The van der Waals surface area contributed by atoms with Crippen LogP contribution in [-0.2, 0) is 11.3 Å². The van der Waals surface area contributed by atoms with Crippen LogP contribution in [0.4, 0.5) is 0 Å². The number of carbonyl (C=O) groups excluding carboxylic acids is 1. The maximum absolute atomic E-state index is 12.3. The van der Waals surface area contributed by atoms with E-state index in [1.165, 1.54) is 0 Å². The molecular formula is C14H26ClN5O. The Hall–Kier alpha value is -1.14. The number of nitrogens with zero attached hydrogens (tertiary/aromatic N) is 4. The second-order valence-corrected chi connectivity index (χ2v) is 5.49. The van der Waals surface area contributed by atoms with E-state index < -0.39 is 0 Å². The van der Waals surface area contributed by atoms with Crippen molar-refractivity contribution in [1.29, 1.82) is 0 Å². The lowest BCUT2D eigenvalue weighted by atomic mass is 9.96. The van der Waals surface area contributed by atoms with Crippen LogP contribution in [0.15, 0.2) is 6.33 Å². The molecule has 1 saturated heterocycles. The van der Waals surface area contributed by atoms with Crippen LogP contribution in [0.25, 0.3) is 0 Å². The number of nitrogens with two attached hydrogens (primary N) is 1. The first-order valence-electron chi connectivity index (χ1n) is 7.59. The number of hydrogen-bond donors (Lipinski definition) is 1. The van der Waals surface area contributed by atoms with Gasteiger partial charge in [-0.3, -0.25) is 4.79 Å². The van der Waals surface area contributed by atoms with Crippen molar-refractivity contribution in [2.45, 2.75) is 58.0 Å². The zero-order valence-electron chi connectivity index (χ0n) is 12.9. The van der Waals surface area contributed by atoms with Gasteiger partial charge in [-0.25, -0.2) is 0 Å². The van der Waals surface area contributed by atoms with Gasteiger partial charge in [0.05, 0.1) is 6.04 Å². The Morgan fingerprint density at radius 1 is 1.52 bits per heavy atom. The van der Waals surface area contributed by atoms with Gasteiger partial charge in [0.1, 0.15) is 12.2 Å². The molecule has 0 radical (unpaired) electrons. The molecule has 2 atom stereocenters. The molecule has 0 saturated carbocycles. The summed E-state index contributed by atoms with van der Waals surface area (Å²) in [5.74, 6) is 1.36. The van der Waals surface area contributed by atoms with Crippen LogP contribution >= 0.6 is 12.4 Å². The smallest absolute Gasteiger partial charge is 0.239 e. The molecule has 1 aromatic heterocycles. The first-order valence-corrected chi connectivity index (χ1v) is 7.59. The molecule has 2 heterocycles. The Kier molecular flexibility index (Phi) is 7.11. The van der Waals surface area contributed by atoms with Crippen molar-refractivity contribution in [2.24, 2.45) is 5.73 Å². The molecule has 120 valence electrons. The standard InChI is InChI=1S/C14H25N5O.ClH/c1-3-6-12(15)14(20)19-8-5-7-11(9-19)13-17-16-10-18(13)4-2;/h10-12H,3-9,15H2,1-2H3;1H. The Balaban J connectivity index is 0.00000220. The number of aryl methyl sites for hydroxylation is 1. The van der Waals surface area contributed by atoms with E-state index in [9.17, 15) is 4.79 Å². The first kappa shape index (κ1) is 17.9. The number of aromatic nitrogens is 3. The first-order chi connectivity index (χ1) is 9.67. The lowest BCUT2D eigenvalue weighted by Crippen LogP contribution is -2.47. The Morgan fingerprint density at radius 2 is 2.29 bits per heavy atom. The zero-order chi connectivity index (χ0) is 14.5. The van der Waals surface area contributed by atoms with Gasteiger partial charge in [-0.2, -0.15) is 0 Å². The number of likely N-dealkylation sites (tertiary alicyclic amines) is 1. The van der Waals surface area contributed by atoms with Crippen molar-refractivity contribution in [3.8, 4) is 0 Å². The summed E-state index contributed by atoms with van der Waals surface area (Å²) in [6.45, 7) is 6.52. The molecule has 0 aliphatic carbocycles. The van der Waals surface area contributed by atoms with Gasteiger partial charge in [-0.15, -0.1) is 22.6 Å². The fourth-order valence-corrected chi connectivity index (χ4v) is 2.88. The molecule has 1 amide bonds. The summed E-state index contributed by atoms with van der Waals surface area (Å²) in [5, 5.41) is 8.22. The van der Waals surface area contributed by atoms with Gasteiger partial charge < -0.3 is 15.2 Å². The molecule has 1 fully saturated rings. The van der Waals surface area contributed by atoms with Crippen LogP contribution in [0.3, 0.4) is 0 Å². The van der Waals surface area contributed by atoms with Gasteiger partial charge >= 0.3 is 0 Å². The second-order valence-electron chi connectivity index (χ2n) is 5.49. The molecule has 1 aliphatic rings. The van der Waals surface area contributed by atoms with Crippen LogP contribution in [0, 0.1) is 0 Å². The van der Waals surface area contributed by atoms with Crippen LogP contribution in [-0.4, -0.2) is 44.7 Å². The zero-order valence-corrected chi connectivity index (χ0v) is 13.7. The number of hydrogen-bond acceptors (Lipinski definition) is 4. The topological polar surface area (TPSA) is 77.0 Å². The second kappa shape index (κ2) is 8.34. The van der Waals surface area contributed by atoms with Crippen molar-refractivity contribution in [1.82, 2.24) is 19.7 Å². The van der Waals surface area contributed by atoms with Crippen molar-refractivity contribution in [3.63, 3.8) is 0 Å². The summed E-state index contributed by atoms with van der Waals surface area (Å²) < 4.78 is 2.06. The summed E-state index contributed by atoms with van der Waals surface area (Å²) in [6.07, 6.45) is 5.52. The highest BCUT2D eigenvalue weighted by molar-refractivity contribution is 5.85. The Morgan fingerprint density at radius 3 is 2.95 bits per heavy atom. The molecule has 2 rings (SSSR count). The third-order valence-electron chi connectivity index (χ3n) is 4.00. The summed E-state index contributed by atoms with van der Waals surface area (Å²) in [7, 11) is 0. The normalized spacial score (nSPS) is 20.0. The predicted octanol–water partition coefficient (Wildman–Crippen LogP) is 1.55. The fraction of sp³-hybridized carbons (Fsp3) is 0.786. The quantitative estimate of drug-likeness (QED) is 0.894. The van der Waals surface area contributed by atoms with Crippen LogP contribution in [0.5, 0.6) is 0 Å². The van der Waals surface area contributed by atoms with Gasteiger partial charge in [0, 0.05) is 25.6 Å². The highest BCUT2D eigenvalue weighted by atomic mass is 35.5. The molecule has 0 aromatic carbocycles. The van der Waals surface area contributed by atoms with E-state index in [0.29, 0.717) is 0 Å². The fourth-order valence-electron chi connectivity index (χ4n) is 2.88. The van der Waals surface area contributed by atoms with Gasteiger partial charge in [0.25, 0.3) is 0 Å². The maximum Gasteiger partial charge on any atom is 0.239 e. The minimum Gasteiger partial charge on any atom is -0.341 e. The Bertz CT molecular complexity index is 450. The van der Waals surface area contributed by atoms with Gasteiger partial charge in [0.2, 0.25) is 5.91 Å². The number of halogens is 1. The van der Waals surface area contributed by atoms with E-state index in [4.69, 9.17) is 5.73 Å². The van der Waals surface area contributed by atoms with E-state index in [2.05, 4.69) is 28.6 Å². The molecule has 2 unspecified atom stereocenters. The monoisotopic (exact) mass is 315 g/mol. The van der Waals surface area contributed by atoms with E-state index >= 15 is 0 Å². The highest BCUT2D eigenvalue weighted by Crippen LogP contribution is 2.25. The highest BCUT2D eigenvalue weighted by Gasteiger charge is 2.29. The summed E-state index contributed by atoms with van der Waals surface area (Å²) >= 11 is 0. The molecule has 6 nitrogen and oxygen atoms in total. The number of carbonyl (C=O) groups is 1. The number of amides is 1. The van der Waals surface area contributed by atoms with E-state index in [1.807, 2.05) is 4.90 Å².